The molecule has 1 aliphatic heterocycles. The zero-order valence-electron chi connectivity index (χ0n) is 31.1. The molecule has 0 radical (unpaired) electrons. The molecule has 1 N–H and O–H groups in total. The Balaban J connectivity index is 0.000000159. The lowest BCUT2D eigenvalue weighted by atomic mass is 9.84. The van der Waals surface area contributed by atoms with Gasteiger partial charge in [-0.05, 0) is 65.4 Å². The predicted molar refractivity (Wildman–Crippen MR) is 207 cm³/mol. The maximum atomic E-state index is 11.8. The van der Waals surface area contributed by atoms with Gasteiger partial charge in [-0.15, -0.1) is 0 Å². The van der Waals surface area contributed by atoms with Crippen molar-refractivity contribution in [2.75, 3.05) is 14.2 Å². The van der Waals surface area contributed by atoms with Crippen molar-refractivity contribution >= 4 is 11.9 Å². The van der Waals surface area contributed by atoms with E-state index >= 15 is 0 Å². The molecule has 5 unspecified atom stereocenters. The van der Waals surface area contributed by atoms with E-state index in [2.05, 4.69) is 121 Å². The Bertz CT molecular complexity index is 1740. The normalized spacial score (nSPS) is 24.1. The van der Waals surface area contributed by atoms with Crippen molar-refractivity contribution in [2.24, 2.45) is 16.1 Å². The largest absolute Gasteiger partial charge is 0.466 e. The molecule has 4 aliphatic rings. The fourth-order valence-electron chi connectivity index (χ4n) is 7.41. The molecule has 3 aromatic carbocycles. The number of methoxy groups -OCH3 is 2. The minimum absolute atomic E-state index is 0.0660. The smallest absolute Gasteiger partial charge is 0.333 e. The van der Waals surface area contributed by atoms with Crippen LogP contribution in [-0.4, -0.2) is 62.5 Å². The number of hydrogen-bond acceptors (Lipinski definition) is 8. The maximum absolute atomic E-state index is 11.8. The summed E-state index contributed by atoms with van der Waals surface area (Å²) in [7, 11) is 2.71. The van der Waals surface area contributed by atoms with Crippen LogP contribution in [0.2, 0.25) is 0 Å². The Morgan fingerprint density at radius 1 is 0.704 bits per heavy atom. The molecule has 0 aromatic heterocycles. The minimum Gasteiger partial charge on any atom is -0.466 e. The Hall–Kier alpha value is -5.38. The number of carbonyl (C=O) groups is 2. The monoisotopic (exact) mass is 731 g/mol. The van der Waals surface area contributed by atoms with Gasteiger partial charge in [-0.25, -0.2) is 9.59 Å². The molecule has 7 rings (SSSR count). The van der Waals surface area contributed by atoms with E-state index < -0.39 is 0 Å². The van der Waals surface area contributed by atoms with Crippen molar-refractivity contribution in [3.63, 3.8) is 0 Å². The molecule has 12 heteroatoms. The molecule has 1 saturated carbocycles. The van der Waals surface area contributed by atoms with E-state index in [1.807, 2.05) is 19.1 Å². The zero-order valence-corrected chi connectivity index (χ0v) is 31.1. The first-order valence-electron chi connectivity index (χ1n) is 18.6. The molecule has 1 saturated heterocycles. The zero-order chi connectivity index (χ0) is 38.3. The van der Waals surface area contributed by atoms with Crippen molar-refractivity contribution in [3.05, 3.63) is 152 Å². The predicted octanol–water partition coefficient (Wildman–Crippen LogP) is 8.90. The lowest BCUT2D eigenvalue weighted by molar-refractivity contribution is -0.137. The van der Waals surface area contributed by atoms with Crippen molar-refractivity contribution in [2.45, 2.75) is 94.2 Å². The van der Waals surface area contributed by atoms with Crippen molar-refractivity contribution in [3.8, 4) is 0 Å². The van der Waals surface area contributed by atoms with Gasteiger partial charge in [0.1, 0.15) is 0 Å². The third-order valence-electron chi connectivity index (χ3n) is 10.4. The van der Waals surface area contributed by atoms with Gasteiger partial charge in [0.25, 0.3) is 0 Å². The summed E-state index contributed by atoms with van der Waals surface area (Å²) in [6, 6.07) is 32.0. The van der Waals surface area contributed by atoms with Gasteiger partial charge in [-0.2, -0.15) is 0 Å². The molecule has 1 heterocycles. The van der Waals surface area contributed by atoms with Crippen LogP contribution in [0.15, 0.2) is 125 Å². The lowest BCUT2D eigenvalue weighted by Crippen LogP contribution is -2.37. The molecular weight excluding hydrogens is 683 g/mol. The van der Waals surface area contributed by atoms with Crippen molar-refractivity contribution in [1.82, 2.24) is 5.32 Å². The highest BCUT2D eigenvalue weighted by molar-refractivity contribution is 5.89. The van der Waals surface area contributed by atoms with Gasteiger partial charge in [0.2, 0.25) is 0 Å². The molecule has 6 atom stereocenters. The van der Waals surface area contributed by atoms with E-state index in [4.69, 9.17) is 20.5 Å². The van der Waals surface area contributed by atoms with Crippen LogP contribution < -0.4 is 5.32 Å². The van der Waals surface area contributed by atoms with Crippen LogP contribution in [0.3, 0.4) is 0 Å². The fourth-order valence-corrected chi connectivity index (χ4v) is 7.41. The molecule has 0 amide bonds. The number of nitrogens with zero attached hydrogens (tertiary/aromatic N) is 6. The second-order valence-electron chi connectivity index (χ2n) is 13.9. The lowest BCUT2D eigenvalue weighted by Gasteiger charge is -2.35. The van der Waals surface area contributed by atoms with E-state index in [1.165, 1.54) is 50.2 Å². The summed E-state index contributed by atoms with van der Waals surface area (Å²) in [6.45, 7) is 2.01. The number of hydrogen-bond donors (Lipinski definition) is 1. The number of ether oxygens (including phenoxy) is 3. The van der Waals surface area contributed by atoms with E-state index in [1.54, 1.807) is 0 Å². The Kier molecular flexibility index (Phi) is 14.9. The average molecular weight is 732 g/mol. The summed E-state index contributed by atoms with van der Waals surface area (Å²) in [4.78, 5) is 28.7. The highest BCUT2D eigenvalue weighted by Crippen LogP contribution is 2.34. The van der Waals surface area contributed by atoms with Gasteiger partial charge in [0, 0.05) is 45.0 Å². The summed E-state index contributed by atoms with van der Waals surface area (Å²) >= 11 is 0. The second-order valence-corrected chi connectivity index (χ2v) is 13.9. The number of azide groups is 2. The summed E-state index contributed by atoms with van der Waals surface area (Å²) in [5.74, 6) is -0.326. The standard InChI is InChI=1S/C19H16.C15H23N3O3.C8H10N4O2/c1-4-10-16(11-5-1)19(17-12-6-2-7-13-17)18-14-8-3-9-15-18;1-10-13(17-18-16)8-11(15(19)20-2)9-14(10)21-12-6-4-3-5-7-12;1-14-8(13)4-2-5-7(10-5)6(3-4)11-12-9/h1-15,19H;9-10,12-14H,3-8H2,1-2H3;2,5-7,10H,3H2,1H3/t;10-,13?,14?;/m.1./s1. The molecule has 0 bridgehead atoms. The van der Waals surface area contributed by atoms with Crippen LogP contribution in [0.1, 0.15) is 74.5 Å². The minimum atomic E-state index is -0.364. The molecule has 282 valence electrons. The number of fused-ring (bicyclic) bond motifs is 1. The van der Waals surface area contributed by atoms with Gasteiger partial charge >= 0.3 is 11.9 Å². The van der Waals surface area contributed by atoms with Gasteiger partial charge < -0.3 is 19.5 Å². The molecule has 3 aromatic rings. The van der Waals surface area contributed by atoms with Crippen molar-refractivity contribution < 1.29 is 23.8 Å². The Morgan fingerprint density at radius 3 is 1.65 bits per heavy atom. The van der Waals surface area contributed by atoms with E-state index in [-0.39, 0.29) is 54.2 Å². The molecule has 3 aliphatic carbocycles. The van der Waals surface area contributed by atoms with Gasteiger partial charge in [0.15, 0.2) is 0 Å². The first-order chi connectivity index (χ1) is 26.4. The quantitative estimate of drug-likeness (QED) is 0.0573. The summed E-state index contributed by atoms with van der Waals surface area (Å²) < 4.78 is 15.6. The molecule has 2 fully saturated rings. The highest BCUT2D eigenvalue weighted by Gasteiger charge is 2.45. The Morgan fingerprint density at radius 2 is 1.17 bits per heavy atom. The third-order valence-corrected chi connectivity index (χ3v) is 10.4. The van der Waals surface area contributed by atoms with Crippen molar-refractivity contribution in [1.29, 1.82) is 0 Å². The average Bonchev–Trinajstić information content (AvgIpc) is 4.02. The van der Waals surface area contributed by atoms with Crippen LogP contribution in [0.25, 0.3) is 20.9 Å². The van der Waals surface area contributed by atoms with Crippen LogP contribution in [0.5, 0.6) is 0 Å². The number of carbonyl (C=O) groups excluding carboxylic acids is 2. The van der Waals surface area contributed by atoms with Gasteiger partial charge in [-0.3, -0.25) is 0 Å². The first kappa shape index (κ1) is 39.8. The van der Waals surface area contributed by atoms with Crippen LogP contribution in [-0.2, 0) is 23.8 Å². The number of nitrogens with one attached hydrogen (secondary N) is 1. The fraction of sp³-hybridized carbons (Fsp3) is 0.429. The number of rotatable bonds is 9. The first-order valence-corrected chi connectivity index (χ1v) is 18.6. The highest BCUT2D eigenvalue weighted by atomic mass is 16.5. The number of benzene rings is 3. The van der Waals surface area contributed by atoms with Crippen LogP contribution in [0, 0.1) is 5.92 Å². The van der Waals surface area contributed by atoms with Crippen LogP contribution >= 0.6 is 0 Å². The SMILES string of the molecule is COC(=O)C1=CC(OC2CCCCC2)[C@H](C)C(N=[N+]=[N-])C1.COC(=O)C1=CC2NC2C(N=[N+]=[N-])C1.c1ccc(C(c2ccccc2)c2ccccc2)cc1. The second kappa shape index (κ2) is 20.2. The van der Waals surface area contributed by atoms with E-state index in [9.17, 15) is 9.59 Å². The molecule has 0 spiro atoms. The van der Waals surface area contributed by atoms with Gasteiger partial charge in [-0.1, -0.05) is 133 Å². The Labute approximate surface area is 316 Å². The van der Waals surface area contributed by atoms with Gasteiger partial charge in [0.05, 0.1) is 32.5 Å². The molecule has 54 heavy (non-hydrogen) atoms. The number of esters is 2. The summed E-state index contributed by atoms with van der Waals surface area (Å²) in [5.41, 5.74) is 22.2. The van der Waals surface area contributed by atoms with E-state index in [0.29, 0.717) is 29.9 Å². The maximum Gasteiger partial charge on any atom is 0.333 e. The molecule has 12 nitrogen and oxygen atoms in total. The summed E-state index contributed by atoms with van der Waals surface area (Å²) in [5, 5.41) is 10.6. The summed E-state index contributed by atoms with van der Waals surface area (Å²) in [6.07, 6.45) is 10.4. The topological polar surface area (TPSA) is 181 Å². The van der Waals surface area contributed by atoms with E-state index in [0.717, 1.165) is 12.8 Å². The van der Waals surface area contributed by atoms with Crippen LogP contribution in [0.4, 0.5) is 0 Å². The third kappa shape index (κ3) is 10.8. The molecular formula is C42H49N7O5.